The Morgan fingerprint density at radius 2 is 1.48 bits per heavy atom. The van der Waals surface area contributed by atoms with Crippen LogP contribution in [0.25, 0.3) is 0 Å². The smallest absolute Gasteiger partial charge is 0.335 e. The van der Waals surface area contributed by atoms with Crippen LogP contribution in [0.5, 0.6) is 0 Å². The number of carbonyl (C=O) groups excluding carboxylic acids is 2. The standard InChI is InChI=1S/C16H15F3N4O2/c17-16(18,19)12-3-1-11(2-4-12)14(24)22-7-9-23(10-8-22)15(25)13-5-6-20-21-13/h1-6H,7-10H2,(H,20,21). The number of amides is 2. The third-order valence-corrected chi connectivity index (χ3v) is 4.04. The highest BCUT2D eigenvalue weighted by Gasteiger charge is 2.31. The van der Waals surface area contributed by atoms with E-state index in [2.05, 4.69) is 10.2 Å². The molecule has 0 unspecified atom stereocenters. The van der Waals surface area contributed by atoms with Crippen LogP contribution in [0.1, 0.15) is 26.4 Å². The van der Waals surface area contributed by atoms with E-state index in [1.165, 1.54) is 23.2 Å². The van der Waals surface area contributed by atoms with E-state index < -0.39 is 11.7 Å². The maximum Gasteiger partial charge on any atom is 0.416 e. The number of carbonyl (C=O) groups is 2. The number of H-pyrrole nitrogens is 1. The number of hydrogen-bond donors (Lipinski definition) is 1. The zero-order valence-corrected chi connectivity index (χ0v) is 13.1. The molecule has 25 heavy (non-hydrogen) atoms. The van der Waals surface area contributed by atoms with Gasteiger partial charge in [-0.05, 0) is 30.3 Å². The van der Waals surface area contributed by atoms with Crippen molar-refractivity contribution in [1.82, 2.24) is 20.0 Å². The van der Waals surface area contributed by atoms with Crippen LogP contribution in [0, 0.1) is 0 Å². The largest absolute Gasteiger partial charge is 0.416 e. The molecular formula is C16H15F3N4O2. The van der Waals surface area contributed by atoms with Gasteiger partial charge in [0, 0.05) is 37.9 Å². The molecule has 2 aromatic rings. The van der Waals surface area contributed by atoms with Crippen LogP contribution in [-0.2, 0) is 6.18 Å². The van der Waals surface area contributed by atoms with Crippen molar-refractivity contribution >= 4 is 11.8 Å². The van der Waals surface area contributed by atoms with E-state index in [-0.39, 0.29) is 17.4 Å². The van der Waals surface area contributed by atoms with Gasteiger partial charge in [0.15, 0.2) is 0 Å². The van der Waals surface area contributed by atoms with Gasteiger partial charge in [0.25, 0.3) is 11.8 Å². The lowest BCUT2D eigenvalue weighted by Gasteiger charge is -2.34. The predicted molar refractivity (Wildman–Crippen MR) is 81.8 cm³/mol. The van der Waals surface area contributed by atoms with Gasteiger partial charge in [0.05, 0.1) is 5.56 Å². The summed E-state index contributed by atoms with van der Waals surface area (Å²) in [7, 11) is 0. The van der Waals surface area contributed by atoms with Gasteiger partial charge in [0.2, 0.25) is 0 Å². The molecule has 0 radical (unpaired) electrons. The highest BCUT2D eigenvalue weighted by atomic mass is 19.4. The molecule has 1 N–H and O–H groups in total. The number of benzene rings is 1. The number of nitrogens with zero attached hydrogens (tertiary/aromatic N) is 3. The molecule has 9 heteroatoms. The number of halogens is 3. The van der Waals surface area contributed by atoms with E-state index in [4.69, 9.17) is 0 Å². The molecule has 2 heterocycles. The van der Waals surface area contributed by atoms with Crippen LogP contribution in [0.3, 0.4) is 0 Å². The summed E-state index contributed by atoms with van der Waals surface area (Å²) in [5, 5.41) is 6.33. The summed E-state index contributed by atoms with van der Waals surface area (Å²) in [6, 6.07) is 5.71. The summed E-state index contributed by atoms with van der Waals surface area (Å²) in [6.45, 7) is 1.34. The van der Waals surface area contributed by atoms with Crippen molar-refractivity contribution in [3.8, 4) is 0 Å². The van der Waals surface area contributed by atoms with Crippen molar-refractivity contribution in [2.45, 2.75) is 6.18 Å². The van der Waals surface area contributed by atoms with E-state index in [0.29, 0.717) is 31.9 Å². The fraction of sp³-hybridized carbons (Fsp3) is 0.312. The molecule has 1 aliphatic rings. The van der Waals surface area contributed by atoms with E-state index in [1.807, 2.05) is 0 Å². The topological polar surface area (TPSA) is 69.3 Å². The molecule has 1 aromatic carbocycles. The molecule has 6 nitrogen and oxygen atoms in total. The Morgan fingerprint density at radius 1 is 0.920 bits per heavy atom. The third kappa shape index (κ3) is 3.65. The van der Waals surface area contributed by atoms with Crippen molar-refractivity contribution < 1.29 is 22.8 Å². The molecule has 0 bridgehead atoms. The molecule has 0 saturated carbocycles. The Morgan fingerprint density at radius 3 is 1.96 bits per heavy atom. The highest BCUT2D eigenvalue weighted by Crippen LogP contribution is 2.29. The van der Waals surface area contributed by atoms with Crippen molar-refractivity contribution in [2.75, 3.05) is 26.2 Å². The second-order valence-electron chi connectivity index (χ2n) is 5.63. The van der Waals surface area contributed by atoms with Crippen LogP contribution in [-0.4, -0.2) is 58.0 Å². The average molecular weight is 352 g/mol. The number of aromatic nitrogens is 2. The Labute approximate surface area is 141 Å². The zero-order chi connectivity index (χ0) is 18.0. The number of hydrogen-bond acceptors (Lipinski definition) is 3. The Hall–Kier alpha value is -2.84. The lowest BCUT2D eigenvalue weighted by Crippen LogP contribution is -2.50. The van der Waals surface area contributed by atoms with E-state index in [1.54, 1.807) is 11.0 Å². The molecule has 1 aliphatic heterocycles. The molecule has 0 aliphatic carbocycles. The Bertz CT molecular complexity index is 749. The van der Waals surface area contributed by atoms with Gasteiger partial charge in [-0.15, -0.1) is 0 Å². The quantitative estimate of drug-likeness (QED) is 0.899. The summed E-state index contributed by atoms with van der Waals surface area (Å²) in [5.41, 5.74) is -0.220. The van der Waals surface area contributed by atoms with E-state index >= 15 is 0 Å². The van der Waals surface area contributed by atoms with Crippen molar-refractivity contribution in [3.63, 3.8) is 0 Å². The first kappa shape index (κ1) is 17.0. The second kappa shape index (κ2) is 6.58. The first-order valence-corrected chi connectivity index (χ1v) is 7.61. The SMILES string of the molecule is O=C(c1ccc(C(F)(F)F)cc1)N1CCN(C(=O)c2ccn[nH]2)CC1. The molecule has 1 fully saturated rings. The number of nitrogens with one attached hydrogen (secondary N) is 1. The minimum absolute atomic E-state index is 0.195. The Kier molecular flexibility index (Phi) is 4.47. The Balaban J connectivity index is 1.61. The van der Waals surface area contributed by atoms with Gasteiger partial charge in [-0.25, -0.2) is 0 Å². The summed E-state index contributed by atoms with van der Waals surface area (Å²) in [6.07, 6.45) is -2.95. The average Bonchev–Trinajstić information content (AvgIpc) is 3.14. The first-order valence-electron chi connectivity index (χ1n) is 7.61. The number of alkyl halides is 3. The van der Waals surface area contributed by atoms with Crippen LogP contribution >= 0.6 is 0 Å². The monoisotopic (exact) mass is 352 g/mol. The van der Waals surface area contributed by atoms with Gasteiger partial charge in [-0.3, -0.25) is 14.7 Å². The van der Waals surface area contributed by atoms with Gasteiger partial charge < -0.3 is 9.80 Å². The molecular weight excluding hydrogens is 337 g/mol. The first-order chi connectivity index (χ1) is 11.9. The maximum atomic E-state index is 12.6. The normalized spacial score (nSPS) is 15.3. The van der Waals surface area contributed by atoms with Crippen molar-refractivity contribution in [3.05, 3.63) is 53.3 Å². The van der Waals surface area contributed by atoms with Crippen molar-refractivity contribution in [1.29, 1.82) is 0 Å². The minimum atomic E-state index is -4.43. The number of rotatable bonds is 2. The van der Waals surface area contributed by atoms with Gasteiger partial charge in [-0.2, -0.15) is 18.3 Å². The summed E-state index contributed by atoms with van der Waals surface area (Å²) in [5.74, 6) is -0.540. The lowest BCUT2D eigenvalue weighted by atomic mass is 10.1. The van der Waals surface area contributed by atoms with Crippen LogP contribution in [0.2, 0.25) is 0 Å². The van der Waals surface area contributed by atoms with Crippen LogP contribution < -0.4 is 0 Å². The highest BCUT2D eigenvalue weighted by molar-refractivity contribution is 5.95. The fourth-order valence-electron chi connectivity index (χ4n) is 2.64. The molecule has 1 saturated heterocycles. The van der Waals surface area contributed by atoms with Gasteiger partial charge in [0.1, 0.15) is 5.69 Å². The van der Waals surface area contributed by atoms with Crippen molar-refractivity contribution in [2.24, 2.45) is 0 Å². The summed E-state index contributed by atoms with van der Waals surface area (Å²) < 4.78 is 37.7. The minimum Gasteiger partial charge on any atom is -0.335 e. The molecule has 0 spiro atoms. The van der Waals surface area contributed by atoms with E-state index in [0.717, 1.165) is 12.1 Å². The number of aromatic amines is 1. The summed E-state index contributed by atoms with van der Waals surface area (Å²) in [4.78, 5) is 27.7. The summed E-state index contributed by atoms with van der Waals surface area (Å²) >= 11 is 0. The maximum absolute atomic E-state index is 12.6. The molecule has 1 aromatic heterocycles. The predicted octanol–water partition coefficient (Wildman–Crippen LogP) is 2.03. The van der Waals surface area contributed by atoms with E-state index in [9.17, 15) is 22.8 Å². The molecule has 0 atom stereocenters. The van der Waals surface area contributed by atoms with Gasteiger partial charge >= 0.3 is 6.18 Å². The van der Waals surface area contributed by atoms with Gasteiger partial charge in [-0.1, -0.05) is 0 Å². The lowest BCUT2D eigenvalue weighted by molar-refractivity contribution is -0.137. The zero-order valence-electron chi connectivity index (χ0n) is 13.1. The fourth-order valence-corrected chi connectivity index (χ4v) is 2.64. The third-order valence-electron chi connectivity index (χ3n) is 4.04. The molecule has 3 rings (SSSR count). The number of piperazine rings is 1. The van der Waals surface area contributed by atoms with Crippen LogP contribution in [0.4, 0.5) is 13.2 Å². The molecule has 132 valence electrons. The van der Waals surface area contributed by atoms with Crippen LogP contribution in [0.15, 0.2) is 36.5 Å². The molecule has 2 amide bonds. The second-order valence-corrected chi connectivity index (χ2v) is 5.63.